The quantitative estimate of drug-likeness (QED) is 0.775. The maximum atomic E-state index is 11.9. The highest BCUT2D eigenvalue weighted by atomic mass is 35.5. The molecule has 0 radical (unpaired) electrons. The number of hydrogen-bond donors (Lipinski definition) is 0. The molecule has 0 atom stereocenters. The molecule has 2 aliphatic heterocycles. The minimum absolute atomic E-state index is 0.0787. The Morgan fingerprint density at radius 3 is 2.41 bits per heavy atom. The number of nitrogens with zero attached hydrogens (tertiary/aromatic N) is 2. The van der Waals surface area contributed by atoms with Gasteiger partial charge in [-0.25, -0.2) is 13.4 Å². The molecular formula is C11H17ClN2O2S. The Balaban J connectivity index is 2.05. The highest BCUT2D eigenvalue weighted by Gasteiger charge is 2.35. The van der Waals surface area contributed by atoms with Gasteiger partial charge in [-0.3, -0.25) is 0 Å². The van der Waals surface area contributed by atoms with E-state index in [1.165, 1.54) is 6.20 Å². The SMILES string of the molecule is CC(C)N1CCC(C2=CN=C(Cl)S2(=O)=O)CC1. The first-order chi connectivity index (χ1) is 7.93. The van der Waals surface area contributed by atoms with Gasteiger partial charge in [0.25, 0.3) is 0 Å². The minimum Gasteiger partial charge on any atom is -0.301 e. The van der Waals surface area contributed by atoms with Crippen LogP contribution in [-0.2, 0) is 9.84 Å². The van der Waals surface area contributed by atoms with Crippen molar-refractivity contribution in [2.24, 2.45) is 10.9 Å². The number of sulfone groups is 1. The third-order valence-electron chi connectivity index (χ3n) is 3.49. The largest absolute Gasteiger partial charge is 0.301 e. The highest BCUT2D eigenvalue weighted by Crippen LogP contribution is 2.33. The fourth-order valence-corrected chi connectivity index (χ4v) is 3.94. The van der Waals surface area contributed by atoms with Gasteiger partial charge in [0.2, 0.25) is 14.3 Å². The van der Waals surface area contributed by atoms with Crippen molar-refractivity contribution in [2.45, 2.75) is 32.7 Å². The minimum atomic E-state index is -3.45. The number of rotatable bonds is 2. The summed E-state index contributed by atoms with van der Waals surface area (Å²) in [6, 6.07) is 0.518. The van der Waals surface area contributed by atoms with Crippen LogP contribution < -0.4 is 0 Å². The van der Waals surface area contributed by atoms with Crippen molar-refractivity contribution in [3.63, 3.8) is 0 Å². The lowest BCUT2D eigenvalue weighted by atomic mass is 9.96. The third-order valence-corrected chi connectivity index (χ3v) is 5.80. The monoisotopic (exact) mass is 276 g/mol. The molecule has 1 fully saturated rings. The Labute approximate surface area is 107 Å². The van der Waals surface area contributed by atoms with Crippen molar-refractivity contribution in [1.82, 2.24) is 4.90 Å². The first-order valence-electron chi connectivity index (χ1n) is 5.85. The lowest BCUT2D eigenvalue weighted by Gasteiger charge is -2.34. The van der Waals surface area contributed by atoms with E-state index in [9.17, 15) is 8.42 Å². The van der Waals surface area contributed by atoms with Crippen molar-refractivity contribution in [3.8, 4) is 0 Å². The van der Waals surface area contributed by atoms with Gasteiger partial charge < -0.3 is 4.90 Å². The highest BCUT2D eigenvalue weighted by molar-refractivity contribution is 8.12. The molecule has 0 aromatic carbocycles. The molecule has 2 aliphatic rings. The molecule has 0 N–H and O–H groups in total. The van der Waals surface area contributed by atoms with Crippen LogP contribution in [0, 0.1) is 5.92 Å². The molecule has 17 heavy (non-hydrogen) atoms. The van der Waals surface area contributed by atoms with Gasteiger partial charge in [-0.15, -0.1) is 0 Å². The van der Waals surface area contributed by atoms with Crippen molar-refractivity contribution in [1.29, 1.82) is 0 Å². The summed E-state index contributed by atoms with van der Waals surface area (Å²) in [7, 11) is -3.45. The molecule has 0 unspecified atom stereocenters. The van der Waals surface area contributed by atoms with Crippen molar-refractivity contribution in [2.75, 3.05) is 13.1 Å². The number of aliphatic imine (C=N–C) groups is 1. The zero-order valence-electron chi connectivity index (χ0n) is 10.1. The summed E-state index contributed by atoms with van der Waals surface area (Å²) in [6.45, 7) is 6.19. The molecule has 0 aromatic rings. The molecule has 96 valence electrons. The Hall–Kier alpha value is -0.390. The van der Waals surface area contributed by atoms with Crippen molar-refractivity contribution < 1.29 is 8.42 Å². The van der Waals surface area contributed by atoms with Crippen LogP contribution in [0.4, 0.5) is 0 Å². The Bertz CT molecular complexity index is 460. The van der Waals surface area contributed by atoms with Crippen LogP contribution in [0.2, 0.25) is 0 Å². The van der Waals surface area contributed by atoms with Crippen LogP contribution in [0.15, 0.2) is 16.1 Å². The molecule has 1 saturated heterocycles. The Kier molecular flexibility index (Phi) is 3.61. The second kappa shape index (κ2) is 4.71. The summed E-state index contributed by atoms with van der Waals surface area (Å²) in [4.78, 5) is 6.49. The van der Waals surface area contributed by atoms with E-state index in [0.29, 0.717) is 10.9 Å². The lowest BCUT2D eigenvalue weighted by Crippen LogP contribution is -2.39. The Morgan fingerprint density at radius 2 is 2.00 bits per heavy atom. The number of hydrogen-bond acceptors (Lipinski definition) is 4. The predicted molar refractivity (Wildman–Crippen MR) is 69.7 cm³/mol. The first-order valence-corrected chi connectivity index (χ1v) is 7.71. The van der Waals surface area contributed by atoms with Gasteiger partial charge in [0.05, 0.1) is 4.91 Å². The average molecular weight is 277 g/mol. The molecule has 2 rings (SSSR count). The molecule has 6 heteroatoms. The molecule has 4 nitrogen and oxygen atoms in total. The fourth-order valence-electron chi connectivity index (χ4n) is 2.38. The van der Waals surface area contributed by atoms with Crippen LogP contribution in [0.25, 0.3) is 0 Å². The molecular weight excluding hydrogens is 260 g/mol. The van der Waals surface area contributed by atoms with Crippen molar-refractivity contribution in [3.05, 3.63) is 11.1 Å². The maximum absolute atomic E-state index is 11.9. The van der Waals surface area contributed by atoms with Crippen LogP contribution in [0.3, 0.4) is 0 Å². The molecule has 0 aromatic heterocycles. The van der Waals surface area contributed by atoms with E-state index < -0.39 is 9.84 Å². The molecule has 0 aliphatic carbocycles. The standard InChI is InChI=1S/C11H17ClN2O2S/c1-8(2)14-5-3-9(4-6-14)10-7-13-11(12)17(10,15)16/h7-9H,3-6H2,1-2H3. The number of halogens is 1. The van der Waals surface area contributed by atoms with Crippen LogP contribution >= 0.6 is 11.6 Å². The van der Waals surface area contributed by atoms with E-state index in [0.717, 1.165) is 25.9 Å². The Morgan fingerprint density at radius 1 is 1.41 bits per heavy atom. The van der Waals surface area contributed by atoms with Gasteiger partial charge in [0, 0.05) is 12.2 Å². The summed E-state index contributed by atoms with van der Waals surface area (Å²) >= 11 is 5.60. The summed E-state index contributed by atoms with van der Waals surface area (Å²) in [5, 5.41) is 0. The van der Waals surface area contributed by atoms with Gasteiger partial charge in [0.15, 0.2) is 0 Å². The molecule has 2 heterocycles. The van der Waals surface area contributed by atoms with E-state index in [4.69, 9.17) is 11.6 Å². The van der Waals surface area contributed by atoms with Gasteiger partial charge >= 0.3 is 0 Å². The van der Waals surface area contributed by atoms with E-state index in [1.807, 2.05) is 0 Å². The average Bonchev–Trinajstić information content (AvgIpc) is 2.54. The maximum Gasteiger partial charge on any atom is 0.232 e. The smallest absolute Gasteiger partial charge is 0.232 e. The van der Waals surface area contributed by atoms with Gasteiger partial charge in [-0.1, -0.05) is 0 Å². The summed E-state index contributed by atoms with van der Waals surface area (Å²) < 4.78 is 23.4. The number of allylic oxidation sites excluding steroid dienone is 1. The fraction of sp³-hybridized carbons (Fsp3) is 0.727. The zero-order valence-corrected chi connectivity index (χ0v) is 11.6. The molecule has 0 spiro atoms. The van der Waals surface area contributed by atoms with E-state index in [2.05, 4.69) is 23.7 Å². The summed E-state index contributed by atoms with van der Waals surface area (Å²) in [5.41, 5.74) is 0. The molecule has 0 saturated carbocycles. The van der Waals surface area contributed by atoms with Gasteiger partial charge in [-0.05, 0) is 57.3 Å². The van der Waals surface area contributed by atoms with E-state index >= 15 is 0 Å². The topological polar surface area (TPSA) is 49.7 Å². The second-order valence-electron chi connectivity index (χ2n) is 4.82. The molecule has 0 amide bonds. The molecule has 0 bridgehead atoms. The van der Waals surface area contributed by atoms with Crippen LogP contribution in [0.1, 0.15) is 26.7 Å². The van der Waals surface area contributed by atoms with Crippen molar-refractivity contribution >= 4 is 25.9 Å². The van der Waals surface area contributed by atoms with E-state index in [-0.39, 0.29) is 10.4 Å². The van der Waals surface area contributed by atoms with Gasteiger partial charge in [0.1, 0.15) is 0 Å². The zero-order chi connectivity index (χ0) is 12.6. The van der Waals surface area contributed by atoms with Crippen LogP contribution in [-0.4, -0.2) is 37.0 Å². The lowest BCUT2D eigenvalue weighted by molar-refractivity contribution is 0.163. The van der Waals surface area contributed by atoms with Crippen LogP contribution in [0.5, 0.6) is 0 Å². The van der Waals surface area contributed by atoms with E-state index in [1.54, 1.807) is 0 Å². The van der Waals surface area contributed by atoms with Gasteiger partial charge in [-0.2, -0.15) is 0 Å². The number of likely N-dealkylation sites (tertiary alicyclic amines) is 1. The third kappa shape index (κ3) is 2.41. The summed E-state index contributed by atoms with van der Waals surface area (Å²) in [6.07, 6.45) is 3.15. The summed E-state index contributed by atoms with van der Waals surface area (Å²) in [5.74, 6) is 0.0787. The normalized spacial score (nSPS) is 26.1. The first kappa shape index (κ1) is 13.1. The predicted octanol–water partition coefficient (Wildman–Crippen LogP) is 1.97. The second-order valence-corrected chi connectivity index (χ2v) is 7.27. The number of piperidine rings is 1.